The van der Waals surface area contributed by atoms with Crippen LogP contribution < -0.4 is 11.1 Å². The Labute approximate surface area is 123 Å². The smallest absolute Gasteiger partial charge is 0.251 e. The summed E-state index contributed by atoms with van der Waals surface area (Å²) in [5.74, 6) is 1.11. The van der Waals surface area contributed by atoms with Crippen molar-refractivity contribution in [3.05, 3.63) is 35.9 Å². The molecule has 0 unspecified atom stereocenters. The number of H-pyrrole nitrogens is 1. The lowest BCUT2D eigenvalue weighted by Gasteiger charge is -2.10. The lowest BCUT2D eigenvalue weighted by atomic mass is 10.1. The molecule has 1 heterocycles. The minimum absolute atomic E-state index is 0.00225. The Morgan fingerprint density at radius 2 is 2.00 bits per heavy atom. The third kappa shape index (κ3) is 3.24. The van der Waals surface area contributed by atoms with Gasteiger partial charge >= 0.3 is 0 Å². The molecule has 1 aliphatic rings. The predicted octanol–water partition coefficient (Wildman–Crippen LogP) is 2.58. The van der Waals surface area contributed by atoms with E-state index < -0.39 is 0 Å². The first-order valence-electron chi connectivity index (χ1n) is 7.42. The van der Waals surface area contributed by atoms with Gasteiger partial charge in [0.2, 0.25) is 0 Å². The molecule has 0 atom stereocenters. The van der Waals surface area contributed by atoms with Gasteiger partial charge in [-0.2, -0.15) is 5.10 Å². The predicted molar refractivity (Wildman–Crippen MR) is 82.7 cm³/mol. The number of aromatic amines is 1. The zero-order valence-corrected chi connectivity index (χ0v) is 11.9. The van der Waals surface area contributed by atoms with Gasteiger partial charge in [-0.05, 0) is 36.5 Å². The monoisotopic (exact) mass is 284 g/mol. The maximum absolute atomic E-state index is 12.1. The first kappa shape index (κ1) is 13.7. The van der Waals surface area contributed by atoms with Crippen molar-refractivity contribution < 1.29 is 4.79 Å². The summed E-state index contributed by atoms with van der Waals surface area (Å²) in [6.45, 7) is 0.789. The molecule has 0 aliphatic heterocycles. The van der Waals surface area contributed by atoms with Crippen molar-refractivity contribution in [1.29, 1.82) is 0 Å². The number of nitrogens with zero attached hydrogens (tertiary/aromatic N) is 1. The number of nitrogen functional groups attached to an aromatic ring is 1. The Morgan fingerprint density at radius 1 is 1.29 bits per heavy atom. The van der Waals surface area contributed by atoms with E-state index in [-0.39, 0.29) is 5.91 Å². The van der Waals surface area contributed by atoms with Crippen molar-refractivity contribution in [3.63, 3.8) is 0 Å². The average molecular weight is 284 g/mol. The number of hydrogen-bond donors (Lipinski definition) is 3. The Morgan fingerprint density at radius 3 is 2.62 bits per heavy atom. The quantitative estimate of drug-likeness (QED) is 0.806. The van der Waals surface area contributed by atoms with E-state index in [1.54, 1.807) is 6.07 Å². The lowest BCUT2D eigenvalue weighted by Crippen LogP contribution is -2.28. The molecule has 1 amide bonds. The van der Waals surface area contributed by atoms with E-state index in [4.69, 9.17) is 5.73 Å². The standard InChI is InChI=1S/C16H20N4O/c17-15-9-14(19-20-15)12-5-7-13(8-6-12)16(21)18-10-11-3-1-2-4-11/h5-9,11H,1-4,10H2,(H,18,21)(H3,17,19,20). The number of carbonyl (C=O) groups is 1. The Kier molecular flexibility index (Phi) is 3.90. The first-order valence-corrected chi connectivity index (χ1v) is 7.42. The van der Waals surface area contributed by atoms with Crippen LogP contribution >= 0.6 is 0 Å². The highest BCUT2D eigenvalue weighted by Gasteiger charge is 2.16. The van der Waals surface area contributed by atoms with Crippen molar-refractivity contribution in [2.24, 2.45) is 5.92 Å². The first-order chi connectivity index (χ1) is 10.2. The van der Waals surface area contributed by atoms with E-state index in [0.29, 0.717) is 17.3 Å². The van der Waals surface area contributed by atoms with Crippen LogP contribution in [-0.4, -0.2) is 22.6 Å². The van der Waals surface area contributed by atoms with Gasteiger partial charge in [-0.25, -0.2) is 0 Å². The number of nitrogens with one attached hydrogen (secondary N) is 2. The van der Waals surface area contributed by atoms with Gasteiger partial charge in [-0.15, -0.1) is 0 Å². The number of anilines is 1. The van der Waals surface area contributed by atoms with E-state index in [2.05, 4.69) is 15.5 Å². The van der Waals surface area contributed by atoms with E-state index in [0.717, 1.165) is 17.8 Å². The van der Waals surface area contributed by atoms with E-state index in [1.165, 1.54) is 25.7 Å². The Bertz CT molecular complexity index is 611. The SMILES string of the molecule is Nc1cc(-c2ccc(C(=O)NCC3CCCC3)cc2)[nH]n1. The number of rotatable bonds is 4. The molecule has 5 heteroatoms. The third-order valence-corrected chi connectivity index (χ3v) is 4.08. The van der Waals surface area contributed by atoms with Gasteiger partial charge in [0.25, 0.3) is 5.91 Å². The molecule has 1 fully saturated rings. The molecule has 1 saturated carbocycles. The largest absolute Gasteiger partial charge is 0.382 e. The fraction of sp³-hybridized carbons (Fsp3) is 0.375. The van der Waals surface area contributed by atoms with E-state index in [1.807, 2.05) is 24.3 Å². The second-order valence-corrected chi connectivity index (χ2v) is 5.64. The maximum Gasteiger partial charge on any atom is 0.251 e. The number of amides is 1. The van der Waals surface area contributed by atoms with Crippen LogP contribution in [0.2, 0.25) is 0 Å². The molecule has 0 radical (unpaired) electrons. The Hall–Kier alpha value is -2.30. The van der Waals surface area contributed by atoms with Crippen molar-refractivity contribution >= 4 is 11.7 Å². The van der Waals surface area contributed by atoms with Crippen LogP contribution in [0.5, 0.6) is 0 Å². The van der Waals surface area contributed by atoms with Crippen molar-refractivity contribution in [2.75, 3.05) is 12.3 Å². The highest BCUT2D eigenvalue weighted by Crippen LogP contribution is 2.24. The molecule has 0 spiro atoms. The molecule has 1 aromatic heterocycles. The summed E-state index contributed by atoms with van der Waals surface area (Å²) in [7, 11) is 0. The molecule has 1 aromatic carbocycles. The minimum Gasteiger partial charge on any atom is -0.382 e. The number of carbonyl (C=O) groups excluding carboxylic acids is 1. The molecule has 5 nitrogen and oxygen atoms in total. The van der Waals surface area contributed by atoms with Crippen LogP contribution in [0.15, 0.2) is 30.3 Å². The fourth-order valence-electron chi connectivity index (χ4n) is 2.84. The topological polar surface area (TPSA) is 83.8 Å². The van der Waals surface area contributed by atoms with Crippen LogP contribution in [0.4, 0.5) is 5.82 Å². The molecule has 1 aliphatic carbocycles. The summed E-state index contributed by atoms with van der Waals surface area (Å²) < 4.78 is 0. The molecule has 110 valence electrons. The molecule has 0 saturated heterocycles. The molecular formula is C16H20N4O. The second-order valence-electron chi connectivity index (χ2n) is 5.64. The molecule has 3 rings (SSSR count). The summed E-state index contributed by atoms with van der Waals surface area (Å²) in [6, 6.07) is 9.23. The maximum atomic E-state index is 12.1. The van der Waals surface area contributed by atoms with Crippen LogP contribution in [0.25, 0.3) is 11.3 Å². The summed E-state index contributed by atoms with van der Waals surface area (Å²) in [5.41, 5.74) is 8.09. The van der Waals surface area contributed by atoms with Crippen molar-refractivity contribution in [1.82, 2.24) is 15.5 Å². The molecule has 4 N–H and O–H groups in total. The van der Waals surface area contributed by atoms with Gasteiger partial charge in [0.05, 0.1) is 5.69 Å². The lowest BCUT2D eigenvalue weighted by molar-refractivity contribution is 0.0947. The zero-order valence-electron chi connectivity index (χ0n) is 11.9. The fourth-order valence-corrected chi connectivity index (χ4v) is 2.84. The Balaban J connectivity index is 1.61. The van der Waals surface area contributed by atoms with Crippen LogP contribution in [0.3, 0.4) is 0 Å². The number of benzene rings is 1. The molecule has 0 bridgehead atoms. The van der Waals surface area contributed by atoms with Gasteiger partial charge < -0.3 is 11.1 Å². The van der Waals surface area contributed by atoms with Gasteiger partial charge in [0.1, 0.15) is 5.82 Å². The minimum atomic E-state index is -0.00225. The van der Waals surface area contributed by atoms with Crippen LogP contribution in [0.1, 0.15) is 36.0 Å². The van der Waals surface area contributed by atoms with Crippen LogP contribution in [-0.2, 0) is 0 Å². The summed E-state index contributed by atoms with van der Waals surface area (Å²) in [4.78, 5) is 12.1. The highest BCUT2D eigenvalue weighted by molar-refractivity contribution is 5.94. The summed E-state index contributed by atoms with van der Waals surface area (Å²) in [5, 5.41) is 9.78. The summed E-state index contributed by atoms with van der Waals surface area (Å²) in [6.07, 6.45) is 5.06. The van der Waals surface area contributed by atoms with Gasteiger partial charge in [-0.1, -0.05) is 25.0 Å². The molecule has 2 aromatic rings. The van der Waals surface area contributed by atoms with Crippen LogP contribution in [0, 0.1) is 5.92 Å². The number of nitrogens with two attached hydrogens (primary N) is 1. The van der Waals surface area contributed by atoms with Crippen molar-refractivity contribution in [2.45, 2.75) is 25.7 Å². The average Bonchev–Trinajstić information content (AvgIpc) is 3.16. The summed E-state index contributed by atoms with van der Waals surface area (Å²) >= 11 is 0. The second kappa shape index (κ2) is 5.99. The highest BCUT2D eigenvalue weighted by atomic mass is 16.1. The van der Waals surface area contributed by atoms with E-state index >= 15 is 0 Å². The normalized spacial score (nSPS) is 15.2. The number of hydrogen-bond acceptors (Lipinski definition) is 3. The third-order valence-electron chi connectivity index (χ3n) is 4.08. The molecular weight excluding hydrogens is 264 g/mol. The van der Waals surface area contributed by atoms with Gasteiger partial charge in [0, 0.05) is 18.2 Å². The van der Waals surface area contributed by atoms with E-state index in [9.17, 15) is 4.79 Å². The van der Waals surface area contributed by atoms with Gasteiger partial charge in [-0.3, -0.25) is 9.89 Å². The van der Waals surface area contributed by atoms with Gasteiger partial charge in [0.15, 0.2) is 0 Å². The molecule has 21 heavy (non-hydrogen) atoms. The number of aromatic nitrogens is 2. The van der Waals surface area contributed by atoms with Crippen molar-refractivity contribution in [3.8, 4) is 11.3 Å². The zero-order chi connectivity index (χ0) is 14.7.